The molecule has 0 aliphatic rings. The molecule has 0 aliphatic carbocycles. The fourth-order valence-corrected chi connectivity index (χ4v) is 4.80. The summed E-state index contributed by atoms with van der Waals surface area (Å²) in [5, 5.41) is 17.1. The van der Waals surface area contributed by atoms with Crippen LogP contribution in [0.3, 0.4) is 0 Å². The van der Waals surface area contributed by atoms with Crippen molar-refractivity contribution in [1.29, 1.82) is 0 Å². The summed E-state index contributed by atoms with van der Waals surface area (Å²) in [6.45, 7) is 5.85. The molecule has 0 N–H and O–H groups in total. The predicted molar refractivity (Wildman–Crippen MR) is 126 cm³/mol. The van der Waals surface area contributed by atoms with E-state index in [1.807, 2.05) is 51.1 Å². The third-order valence-electron chi connectivity index (χ3n) is 4.61. The summed E-state index contributed by atoms with van der Waals surface area (Å²) in [7, 11) is 0. The fraction of sp³-hybridized carbons (Fsp3) is 0.136. The van der Waals surface area contributed by atoms with Gasteiger partial charge in [-0.3, -0.25) is 14.9 Å². The minimum atomic E-state index is -0.448. The monoisotopic (exact) mass is 450 g/mol. The van der Waals surface area contributed by atoms with Crippen molar-refractivity contribution in [3.8, 4) is 0 Å². The maximum absolute atomic E-state index is 13.4. The van der Waals surface area contributed by atoms with E-state index in [9.17, 15) is 14.9 Å². The Morgan fingerprint density at radius 2 is 1.81 bits per heavy atom. The molecule has 0 unspecified atom stereocenters. The zero-order chi connectivity index (χ0) is 22.1. The molecule has 156 valence electrons. The summed E-state index contributed by atoms with van der Waals surface area (Å²) in [4.78, 5) is 29.1. The van der Waals surface area contributed by atoms with Crippen molar-refractivity contribution in [3.63, 3.8) is 0 Å². The van der Waals surface area contributed by atoms with Crippen molar-refractivity contribution in [2.75, 3.05) is 5.01 Å². The number of hydrazone groups is 1. The topological polar surface area (TPSA) is 88.7 Å². The Bertz CT molecular complexity index is 1340. The first-order valence-corrected chi connectivity index (χ1v) is 11.0. The number of rotatable bonds is 5. The van der Waals surface area contributed by atoms with E-state index in [0.717, 1.165) is 38.2 Å². The van der Waals surface area contributed by atoms with Crippen molar-refractivity contribution in [1.82, 2.24) is 4.98 Å². The molecule has 0 aliphatic heterocycles. The molecular formula is C22H18N4O3S2. The molecule has 0 fully saturated rings. The molecule has 2 heterocycles. The van der Waals surface area contributed by atoms with E-state index in [-0.39, 0.29) is 10.9 Å². The van der Waals surface area contributed by atoms with E-state index < -0.39 is 4.92 Å². The van der Waals surface area contributed by atoms with Gasteiger partial charge in [-0.1, -0.05) is 46.4 Å². The number of hydrogen-bond donors (Lipinski definition) is 0. The van der Waals surface area contributed by atoms with Crippen LogP contribution in [0.15, 0.2) is 53.6 Å². The van der Waals surface area contributed by atoms with Crippen LogP contribution in [0.25, 0.3) is 10.2 Å². The number of aromatic nitrogens is 1. The highest BCUT2D eigenvalue weighted by atomic mass is 32.1. The molecule has 31 heavy (non-hydrogen) atoms. The molecular weight excluding hydrogens is 432 g/mol. The van der Waals surface area contributed by atoms with Gasteiger partial charge in [0.1, 0.15) is 0 Å². The van der Waals surface area contributed by atoms with Crippen LogP contribution in [-0.2, 0) is 0 Å². The smallest absolute Gasteiger partial charge is 0.267 e. The lowest BCUT2D eigenvalue weighted by molar-refractivity contribution is -0.380. The molecule has 7 nitrogen and oxygen atoms in total. The maximum Gasteiger partial charge on any atom is 0.324 e. The van der Waals surface area contributed by atoms with Gasteiger partial charge >= 0.3 is 5.00 Å². The van der Waals surface area contributed by atoms with Gasteiger partial charge < -0.3 is 0 Å². The molecule has 9 heteroatoms. The van der Waals surface area contributed by atoms with Gasteiger partial charge in [0.05, 0.1) is 26.2 Å². The average molecular weight is 451 g/mol. The molecule has 0 saturated heterocycles. The second-order valence-electron chi connectivity index (χ2n) is 7.08. The third-order valence-corrected chi connectivity index (χ3v) is 6.58. The van der Waals surface area contributed by atoms with Crippen LogP contribution in [0, 0.1) is 30.9 Å². The van der Waals surface area contributed by atoms with E-state index in [1.54, 1.807) is 12.1 Å². The van der Waals surface area contributed by atoms with Gasteiger partial charge in [0.25, 0.3) is 5.91 Å². The van der Waals surface area contributed by atoms with Crippen molar-refractivity contribution in [2.45, 2.75) is 20.8 Å². The van der Waals surface area contributed by atoms with Crippen molar-refractivity contribution < 1.29 is 9.72 Å². The van der Waals surface area contributed by atoms with Crippen LogP contribution < -0.4 is 5.01 Å². The highest BCUT2D eigenvalue weighted by Crippen LogP contribution is 2.31. The summed E-state index contributed by atoms with van der Waals surface area (Å²) < 4.78 is 0.954. The van der Waals surface area contributed by atoms with Crippen molar-refractivity contribution >= 4 is 55.1 Å². The quantitative estimate of drug-likeness (QED) is 0.216. The summed E-state index contributed by atoms with van der Waals surface area (Å²) >= 11 is 2.37. The first kappa shape index (κ1) is 20.8. The molecule has 0 radical (unpaired) electrons. The molecule has 0 bridgehead atoms. The molecule has 1 amide bonds. The van der Waals surface area contributed by atoms with Crippen molar-refractivity contribution in [3.05, 3.63) is 85.8 Å². The molecule has 4 aromatic rings. The number of hydrogen-bond acceptors (Lipinski definition) is 7. The number of thiazole rings is 1. The Morgan fingerprint density at radius 3 is 2.52 bits per heavy atom. The summed E-state index contributed by atoms with van der Waals surface area (Å²) in [6.07, 6.45) is 1.45. The highest BCUT2D eigenvalue weighted by molar-refractivity contribution is 7.22. The maximum atomic E-state index is 13.4. The number of amides is 1. The van der Waals surface area contributed by atoms with Crippen LogP contribution in [-0.4, -0.2) is 22.0 Å². The number of anilines is 1. The summed E-state index contributed by atoms with van der Waals surface area (Å²) in [5.41, 5.74) is 4.31. The molecule has 4 rings (SSSR count). The lowest BCUT2D eigenvalue weighted by Gasteiger charge is -2.15. The SMILES string of the molecule is Cc1ccc(C(=O)N(/N=C/c2ccc([N+](=O)[O-])s2)c2nc3ccc(C)cc3s2)c(C)c1. The standard InChI is InChI=1S/C22H18N4O3S2/c1-13-4-7-17(15(3)10-13)21(27)25(23-12-16-6-9-20(30-16)26(28)29)22-24-18-8-5-14(2)11-19(18)31-22/h4-12H,1-3H3/b23-12+. The number of carbonyl (C=O) groups is 1. The first-order valence-electron chi connectivity index (χ1n) is 9.39. The minimum Gasteiger partial charge on any atom is -0.267 e. The zero-order valence-corrected chi connectivity index (χ0v) is 18.7. The number of nitro groups is 1. The van der Waals surface area contributed by atoms with Crippen molar-refractivity contribution in [2.24, 2.45) is 5.10 Å². The Balaban J connectivity index is 1.77. The number of thiophene rings is 1. The lowest BCUT2D eigenvalue weighted by atomic mass is 10.1. The zero-order valence-electron chi connectivity index (χ0n) is 17.0. The predicted octanol–water partition coefficient (Wildman–Crippen LogP) is 5.87. The second kappa shape index (κ2) is 8.37. The Hall–Kier alpha value is -3.43. The summed E-state index contributed by atoms with van der Waals surface area (Å²) in [5.74, 6) is -0.310. The Kier molecular flexibility index (Phi) is 5.62. The number of carbonyl (C=O) groups excluding carboxylic acids is 1. The van der Waals surface area contributed by atoms with Crippen LogP contribution in [0.1, 0.15) is 31.9 Å². The third kappa shape index (κ3) is 4.37. The Labute approximate surface area is 186 Å². The van der Waals surface area contributed by atoms with E-state index in [1.165, 1.54) is 28.6 Å². The van der Waals surface area contributed by atoms with E-state index in [0.29, 0.717) is 15.6 Å². The molecule has 2 aromatic heterocycles. The largest absolute Gasteiger partial charge is 0.324 e. The van der Waals surface area contributed by atoms with Gasteiger partial charge in [0, 0.05) is 11.6 Å². The number of benzene rings is 2. The number of nitrogens with zero attached hydrogens (tertiary/aromatic N) is 4. The molecule has 2 aromatic carbocycles. The molecule has 0 spiro atoms. The van der Waals surface area contributed by atoms with Crippen LogP contribution in [0.4, 0.5) is 10.1 Å². The normalized spacial score (nSPS) is 11.3. The molecule has 0 saturated carbocycles. The van der Waals surface area contributed by atoms with E-state index in [2.05, 4.69) is 10.1 Å². The van der Waals surface area contributed by atoms with Gasteiger partial charge in [0.15, 0.2) is 0 Å². The van der Waals surface area contributed by atoms with Gasteiger partial charge in [-0.25, -0.2) is 4.98 Å². The van der Waals surface area contributed by atoms with Gasteiger partial charge in [-0.2, -0.15) is 10.1 Å². The number of aryl methyl sites for hydroxylation is 3. The van der Waals surface area contributed by atoms with Crippen LogP contribution >= 0.6 is 22.7 Å². The van der Waals surface area contributed by atoms with Gasteiger partial charge in [-0.05, 0) is 56.2 Å². The van der Waals surface area contributed by atoms with Gasteiger partial charge in [0.2, 0.25) is 5.13 Å². The van der Waals surface area contributed by atoms with E-state index in [4.69, 9.17) is 0 Å². The number of fused-ring (bicyclic) bond motifs is 1. The van der Waals surface area contributed by atoms with E-state index >= 15 is 0 Å². The highest BCUT2D eigenvalue weighted by Gasteiger charge is 2.23. The van der Waals surface area contributed by atoms with Crippen LogP contribution in [0.2, 0.25) is 0 Å². The van der Waals surface area contributed by atoms with Crippen LogP contribution in [0.5, 0.6) is 0 Å². The Morgan fingerprint density at radius 1 is 1.06 bits per heavy atom. The van der Waals surface area contributed by atoms with Gasteiger partial charge in [-0.15, -0.1) is 0 Å². The first-order chi connectivity index (χ1) is 14.8. The summed E-state index contributed by atoms with van der Waals surface area (Å²) in [6, 6.07) is 14.5. The second-order valence-corrected chi connectivity index (χ2v) is 9.18. The lowest BCUT2D eigenvalue weighted by Crippen LogP contribution is -2.26. The average Bonchev–Trinajstić information content (AvgIpc) is 3.35. The minimum absolute atomic E-state index is 0.0177. The fourth-order valence-electron chi connectivity index (χ4n) is 3.09. The molecule has 0 atom stereocenters.